The van der Waals surface area contributed by atoms with Crippen LogP contribution in [0.4, 0.5) is 11.4 Å². The van der Waals surface area contributed by atoms with Crippen molar-refractivity contribution >= 4 is 35.5 Å². The van der Waals surface area contributed by atoms with E-state index in [1.165, 1.54) is 81.8 Å². The molecule has 216 valence electrons. The van der Waals surface area contributed by atoms with Crippen LogP contribution >= 0.6 is 0 Å². The third kappa shape index (κ3) is 17.3. The summed E-state index contributed by atoms with van der Waals surface area (Å²) in [5.41, 5.74) is 5.49. The smallest absolute Gasteiger partial charge is 0.0639 e. The van der Waals surface area contributed by atoms with Crippen LogP contribution in [0, 0.1) is 0 Å². The zero-order chi connectivity index (χ0) is 27.1. The fourth-order valence-corrected chi connectivity index (χ4v) is 4.42. The second kappa shape index (κ2) is 23.8. The predicted molar refractivity (Wildman–Crippen MR) is 172 cm³/mol. The number of unbranched alkanes of at least 4 members (excludes halogenated alkanes) is 11. The van der Waals surface area contributed by atoms with Gasteiger partial charge in [0.05, 0.1) is 17.1 Å². The van der Waals surface area contributed by atoms with Gasteiger partial charge in [0.2, 0.25) is 0 Å². The summed E-state index contributed by atoms with van der Waals surface area (Å²) >= 11 is 0. The molecule has 0 bridgehead atoms. The van der Waals surface area contributed by atoms with E-state index in [9.17, 15) is 0 Å². The number of aliphatic imine (C=N–C) groups is 2. The van der Waals surface area contributed by atoms with Gasteiger partial charge in [-0.2, -0.15) is 0 Å². The zero-order valence-corrected chi connectivity index (χ0v) is 26.4. The van der Waals surface area contributed by atoms with E-state index in [4.69, 9.17) is 9.98 Å². The largest absolute Gasteiger partial charge is 0.255 e. The molecule has 3 heteroatoms. The van der Waals surface area contributed by atoms with Crippen LogP contribution in [-0.2, 0) is 20.4 Å². The summed E-state index contributed by atoms with van der Waals surface area (Å²) in [6.45, 7) is 6.77. The van der Waals surface area contributed by atoms with Crippen molar-refractivity contribution in [2.75, 3.05) is 0 Å². The second-order valence-electron chi connectivity index (χ2n) is 10.4. The first-order valence-corrected chi connectivity index (χ1v) is 15.4. The first kappa shape index (κ1) is 34.9. The Hall–Kier alpha value is -2.08. The molecule has 2 aromatic rings. The molecular weight excluding hydrogens is 567 g/mol. The van der Waals surface area contributed by atoms with Crippen LogP contribution in [0.2, 0.25) is 0 Å². The van der Waals surface area contributed by atoms with E-state index >= 15 is 0 Å². The summed E-state index contributed by atoms with van der Waals surface area (Å²) in [6, 6.07) is 17.1. The van der Waals surface area contributed by atoms with Crippen molar-refractivity contribution in [3.63, 3.8) is 0 Å². The van der Waals surface area contributed by atoms with Gasteiger partial charge in [-0.15, -0.1) is 0 Å². The van der Waals surface area contributed by atoms with E-state index in [2.05, 4.69) is 93.6 Å². The van der Waals surface area contributed by atoms with Crippen LogP contribution < -0.4 is 0 Å². The first-order valence-electron chi connectivity index (χ1n) is 15.4. The molecule has 0 heterocycles. The molecule has 2 aromatic carbocycles. The van der Waals surface area contributed by atoms with Crippen LogP contribution in [-0.4, -0.2) is 11.9 Å². The van der Waals surface area contributed by atoms with Crippen molar-refractivity contribution in [2.24, 2.45) is 9.98 Å². The van der Waals surface area contributed by atoms with Gasteiger partial charge >= 0.3 is 0 Å². The molecule has 2 rings (SSSR count). The summed E-state index contributed by atoms with van der Waals surface area (Å²) in [5.74, 6) is 0. The standard InChI is InChI=1S/C36H52N2.Pd/c1-4-7-10-13-16-19-26-36(38-35-28-21-25-33(30-35)23-18-15-12-9-6-3)31-37-34-27-20-24-32(29-34)22-17-14-11-8-5-2;/h17-18,20-25,27-31H,4-16,19,26H2,1-3H3;. The molecule has 0 saturated heterocycles. The maximum Gasteiger partial charge on any atom is 0.0639 e. The molecule has 0 radical (unpaired) electrons. The number of rotatable bonds is 20. The fourth-order valence-electron chi connectivity index (χ4n) is 4.42. The average Bonchev–Trinajstić information content (AvgIpc) is 2.93. The molecular formula is C36H52N2Pd. The van der Waals surface area contributed by atoms with Gasteiger partial charge < -0.3 is 0 Å². The molecule has 0 spiro atoms. The summed E-state index contributed by atoms with van der Waals surface area (Å²) in [7, 11) is 0. The number of benzene rings is 2. The van der Waals surface area contributed by atoms with Crippen molar-refractivity contribution in [3.05, 3.63) is 71.8 Å². The van der Waals surface area contributed by atoms with Crippen LogP contribution in [0.3, 0.4) is 0 Å². The van der Waals surface area contributed by atoms with Gasteiger partial charge in [-0.3, -0.25) is 9.98 Å². The molecule has 0 aliphatic rings. The summed E-state index contributed by atoms with van der Waals surface area (Å²) in [6.07, 6.45) is 29.6. The predicted octanol–water partition coefficient (Wildman–Crippen LogP) is 12.1. The van der Waals surface area contributed by atoms with Gasteiger partial charge in [0.1, 0.15) is 0 Å². The van der Waals surface area contributed by atoms with Gasteiger partial charge in [-0.25, -0.2) is 0 Å². The van der Waals surface area contributed by atoms with Crippen molar-refractivity contribution < 1.29 is 20.4 Å². The summed E-state index contributed by atoms with van der Waals surface area (Å²) in [5, 5.41) is 0. The molecule has 0 atom stereocenters. The topological polar surface area (TPSA) is 24.7 Å². The van der Waals surface area contributed by atoms with E-state index in [1.807, 2.05) is 6.21 Å². The Labute approximate surface area is 253 Å². The molecule has 0 aliphatic heterocycles. The van der Waals surface area contributed by atoms with E-state index in [0.717, 1.165) is 42.8 Å². The SMILES string of the molecule is CCCCCC=Cc1cccc(N=CC(CCCCCCCC)=Nc2cccc(C=CCCCCC)c2)c1.[Pd]. The summed E-state index contributed by atoms with van der Waals surface area (Å²) < 4.78 is 0. The fraction of sp³-hybridized carbons (Fsp3) is 0.500. The number of allylic oxidation sites excluding steroid dienone is 2. The van der Waals surface area contributed by atoms with E-state index < -0.39 is 0 Å². The maximum atomic E-state index is 5.05. The Morgan fingerprint density at radius 2 is 1.13 bits per heavy atom. The van der Waals surface area contributed by atoms with E-state index in [-0.39, 0.29) is 20.4 Å². The molecule has 0 fully saturated rings. The first-order chi connectivity index (χ1) is 18.7. The van der Waals surface area contributed by atoms with Crippen LogP contribution in [0.15, 0.2) is 70.7 Å². The third-order valence-corrected chi connectivity index (χ3v) is 6.73. The minimum Gasteiger partial charge on any atom is -0.255 e. The normalized spacial score (nSPS) is 12.1. The van der Waals surface area contributed by atoms with Gasteiger partial charge in [0.25, 0.3) is 0 Å². The minimum atomic E-state index is 0. The van der Waals surface area contributed by atoms with Crippen molar-refractivity contribution in [1.82, 2.24) is 0 Å². The van der Waals surface area contributed by atoms with Crippen LogP contribution in [0.25, 0.3) is 12.2 Å². The Morgan fingerprint density at radius 3 is 1.74 bits per heavy atom. The monoisotopic (exact) mass is 618 g/mol. The molecule has 0 unspecified atom stereocenters. The number of hydrogen-bond acceptors (Lipinski definition) is 2. The van der Waals surface area contributed by atoms with E-state index in [1.54, 1.807) is 0 Å². The Bertz CT molecular complexity index is 1000. The second-order valence-corrected chi connectivity index (χ2v) is 10.4. The Morgan fingerprint density at radius 1 is 0.615 bits per heavy atom. The van der Waals surface area contributed by atoms with Crippen molar-refractivity contribution in [1.29, 1.82) is 0 Å². The number of nitrogens with zero attached hydrogens (tertiary/aromatic N) is 2. The summed E-state index contributed by atoms with van der Waals surface area (Å²) in [4.78, 5) is 9.89. The van der Waals surface area contributed by atoms with Crippen molar-refractivity contribution in [2.45, 2.75) is 117 Å². The van der Waals surface area contributed by atoms with Crippen molar-refractivity contribution in [3.8, 4) is 0 Å². The molecule has 39 heavy (non-hydrogen) atoms. The van der Waals surface area contributed by atoms with Gasteiger partial charge in [-0.05, 0) is 73.9 Å². The quantitative estimate of drug-likeness (QED) is 0.0801. The van der Waals surface area contributed by atoms with Gasteiger partial charge in [0.15, 0.2) is 0 Å². The van der Waals surface area contributed by atoms with Crippen LogP contribution in [0.5, 0.6) is 0 Å². The molecule has 0 saturated carbocycles. The average molecular weight is 619 g/mol. The molecule has 2 nitrogen and oxygen atoms in total. The zero-order valence-electron chi connectivity index (χ0n) is 24.8. The van der Waals surface area contributed by atoms with Gasteiger partial charge in [-0.1, -0.05) is 127 Å². The molecule has 0 amide bonds. The molecule has 0 aromatic heterocycles. The molecule has 0 N–H and O–H groups in total. The van der Waals surface area contributed by atoms with E-state index in [0.29, 0.717) is 0 Å². The maximum absolute atomic E-state index is 5.05. The Kier molecular flexibility index (Phi) is 21.3. The van der Waals surface area contributed by atoms with Crippen LogP contribution in [0.1, 0.15) is 128 Å². The molecule has 0 aliphatic carbocycles. The Balaban J connectivity index is 0.00000760. The van der Waals surface area contributed by atoms with Gasteiger partial charge in [0, 0.05) is 26.6 Å². The minimum absolute atomic E-state index is 0. The third-order valence-electron chi connectivity index (χ3n) is 6.73. The number of hydrogen-bond donors (Lipinski definition) is 0.